The van der Waals surface area contributed by atoms with Crippen LogP contribution in [0.3, 0.4) is 0 Å². The zero-order chi connectivity index (χ0) is 20.1. The van der Waals surface area contributed by atoms with Crippen LogP contribution in [0.2, 0.25) is 0 Å². The van der Waals surface area contributed by atoms with Gasteiger partial charge in [0.1, 0.15) is 5.65 Å². The van der Waals surface area contributed by atoms with Gasteiger partial charge in [0.15, 0.2) is 5.96 Å². The van der Waals surface area contributed by atoms with Crippen molar-refractivity contribution in [2.45, 2.75) is 38.9 Å². The molecule has 7 nitrogen and oxygen atoms in total. The fourth-order valence-corrected chi connectivity index (χ4v) is 3.80. The molecule has 0 unspecified atom stereocenters. The molecule has 0 radical (unpaired) electrons. The van der Waals surface area contributed by atoms with Gasteiger partial charge in [0, 0.05) is 50.8 Å². The Kier molecular flexibility index (Phi) is 6.05. The maximum absolute atomic E-state index is 4.68. The second kappa shape index (κ2) is 9.05. The second-order valence-electron chi connectivity index (χ2n) is 7.57. The van der Waals surface area contributed by atoms with Crippen LogP contribution in [0.4, 0.5) is 0 Å². The number of fused-ring (bicyclic) bond motifs is 1. The normalized spacial score (nSPS) is 16.3. The summed E-state index contributed by atoms with van der Waals surface area (Å²) < 4.78 is 2.12. The Morgan fingerprint density at radius 1 is 1.14 bits per heavy atom. The maximum Gasteiger partial charge on any atom is 0.191 e. The highest BCUT2D eigenvalue weighted by Gasteiger charge is 2.20. The Morgan fingerprint density at radius 3 is 2.72 bits per heavy atom. The van der Waals surface area contributed by atoms with E-state index in [0.717, 1.165) is 55.5 Å². The molecule has 0 atom stereocenters. The minimum absolute atomic E-state index is 0.435. The molecule has 1 fully saturated rings. The average molecular weight is 392 g/mol. The van der Waals surface area contributed by atoms with E-state index in [2.05, 4.69) is 66.2 Å². The fraction of sp³-hybridized carbons (Fsp3) is 0.409. The summed E-state index contributed by atoms with van der Waals surface area (Å²) in [5.74, 6) is 0.835. The standard InChI is InChI=1S/C22H29N7/c1-17-6-5-8-21-26-20(16-29(17)21)14-25-22(23-2)27-18-9-12-28(13-10-18)15-19-7-3-4-11-24-19/h3-8,11,16,18H,9-10,12-15H2,1-2H3,(H2,23,25,27). The molecule has 1 aliphatic rings. The predicted octanol–water partition coefficient (Wildman–Crippen LogP) is 2.37. The van der Waals surface area contributed by atoms with E-state index in [1.807, 2.05) is 31.4 Å². The summed E-state index contributed by atoms with van der Waals surface area (Å²) in [5.41, 5.74) is 4.30. The van der Waals surface area contributed by atoms with E-state index in [-0.39, 0.29) is 0 Å². The van der Waals surface area contributed by atoms with Crippen molar-refractivity contribution in [3.63, 3.8) is 0 Å². The van der Waals surface area contributed by atoms with Crippen LogP contribution in [0.1, 0.15) is 29.9 Å². The van der Waals surface area contributed by atoms with Crippen LogP contribution < -0.4 is 10.6 Å². The topological polar surface area (TPSA) is 69.8 Å². The minimum atomic E-state index is 0.435. The molecule has 1 saturated heterocycles. The van der Waals surface area contributed by atoms with Crippen LogP contribution in [0, 0.1) is 6.92 Å². The Morgan fingerprint density at radius 2 is 2.00 bits per heavy atom. The molecule has 1 aliphatic heterocycles. The monoisotopic (exact) mass is 391 g/mol. The molecule has 0 saturated carbocycles. The van der Waals surface area contributed by atoms with Crippen molar-refractivity contribution in [2.75, 3.05) is 20.1 Å². The molecule has 29 heavy (non-hydrogen) atoms. The summed E-state index contributed by atoms with van der Waals surface area (Å²) in [7, 11) is 1.82. The molecule has 0 aliphatic carbocycles. The van der Waals surface area contributed by atoms with E-state index in [1.165, 1.54) is 5.69 Å². The smallest absolute Gasteiger partial charge is 0.191 e. The number of aliphatic imine (C=N–C) groups is 1. The third kappa shape index (κ3) is 4.92. The van der Waals surface area contributed by atoms with Crippen molar-refractivity contribution in [1.29, 1.82) is 0 Å². The van der Waals surface area contributed by atoms with E-state index in [9.17, 15) is 0 Å². The molecule has 7 heteroatoms. The maximum atomic E-state index is 4.68. The van der Waals surface area contributed by atoms with Crippen molar-refractivity contribution >= 4 is 11.6 Å². The van der Waals surface area contributed by atoms with Gasteiger partial charge in [0.2, 0.25) is 0 Å². The lowest BCUT2D eigenvalue weighted by Gasteiger charge is -2.32. The van der Waals surface area contributed by atoms with Gasteiger partial charge in [-0.25, -0.2) is 4.98 Å². The van der Waals surface area contributed by atoms with Crippen molar-refractivity contribution in [3.8, 4) is 0 Å². The molecule has 0 spiro atoms. The van der Waals surface area contributed by atoms with Crippen molar-refractivity contribution in [3.05, 3.63) is 65.9 Å². The summed E-state index contributed by atoms with van der Waals surface area (Å²) in [6, 6.07) is 12.7. The van der Waals surface area contributed by atoms with Crippen LogP contribution in [0.5, 0.6) is 0 Å². The lowest BCUT2D eigenvalue weighted by atomic mass is 10.0. The van der Waals surface area contributed by atoms with Gasteiger partial charge in [-0.2, -0.15) is 0 Å². The molecule has 3 aromatic rings. The molecule has 2 N–H and O–H groups in total. The summed E-state index contributed by atoms with van der Waals surface area (Å²) in [5, 5.41) is 6.97. The third-order valence-corrected chi connectivity index (χ3v) is 5.45. The lowest BCUT2D eigenvalue weighted by Crippen LogP contribution is -2.48. The third-order valence-electron chi connectivity index (χ3n) is 5.45. The Hall–Kier alpha value is -2.93. The average Bonchev–Trinajstić information content (AvgIpc) is 3.18. The van der Waals surface area contributed by atoms with E-state index in [0.29, 0.717) is 12.6 Å². The number of rotatable bonds is 5. The highest BCUT2D eigenvalue weighted by atomic mass is 15.2. The molecule has 0 aromatic carbocycles. The zero-order valence-corrected chi connectivity index (χ0v) is 17.2. The van der Waals surface area contributed by atoms with Gasteiger partial charge < -0.3 is 15.0 Å². The summed E-state index contributed by atoms with van der Waals surface area (Å²) >= 11 is 0. The summed E-state index contributed by atoms with van der Waals surface area (Å²) in [6.07, 6.45) is 6.15. The predicted molar refractivity (Wildman–Crippen MR) is 116 cm³/mol. The van der Waals surface area contributed by atoms with Crippen molar-refractivity contribution in [2.24, 2.45) is 4.99 Å². The van der Waals surface area contributed by atoms with Crippen LogP contribution in [-0.4, -0.2) is 51.4 Å². The molecule has 0 amide bonds. The van der Waals surface area contributed by atoms with E-state index in [4.69, 9.17) is 0 Å². The number of aromatic nitrogens is 3. The first-order valence-corrected chi connectivity index (χ1v) is 10.2. The number of nitrogens with zero attached hydrogens (tertiary/aromatic N) is 5. The molecular formula is C22H29N7. The molecule has 3 aromatic heterocycles. The number of hydrogen-bond donors (Lipinski definition) is 2. The summed E-state index contributed by atoms with van der Waals surface area (Å²) in [4.78, 5) is 16.0. The van der Waals surface area contributed by atoms with Gasteiger partial charge in [-0.05, 0) is 44.0 Å². The number of hydrogen-bond acceptors (Lipinski definition) is 4. The number of piperidine rings is 1. The van der Waals surface area contributed by atoms with Crippen LogP contribution in [0.25, 0.3) is 5.65 Å². The van der Waals surface area contributed by atoms with Gasteiger partial charge in [-0.3, -0.25) is 14.9 Å². The van der Waals surface area contributed by atoms with Gasteiger partial charge in [0.05, 0.1) is 17.9 Å². The number of imidazole rings is 1. The fourth-order valence-electron chi connectivity index (χ4n) is 3.80. The Balaban J connectivity index is 1.26. The zero-order valence-electron chi connectivity index (χ0n) is 17.2. The van der Waals surface area contributed by atoms with Gasteiger partial charge >= 0.3 is 0 Å². The number of pyridine rings is 2. The Labute approximate surface area is 171 Å². The Bertz CT molecular complexity index is 956. The first kappa shape index (κ1) is 19.4. The van der Waals surface area contributed by atoms with Gasteiger partial charge in [-0.1, -0.05) is 12.1 Å². The van der Waals surface area contributed by atoms with Crippen LogP contribution in [0.15, 0.2) is 53.8 Å². The number of guanidine groups is 1. The van der Waals surface area contributed by atoms with Gasteiger partial charge in [-0.15, -0.1) is 0 Å². The van der Waals surface area contributed by atoms with E-state index < -0.39 is 0 Å². The first-order valence-electron chi connectivity index (χ1n) is 10.2. The van der Waals surface area contributed by atoms with E-state index in [1.54, 1.807) is 0 Å². The highest BCUT2D eigenvalue weighted by molar-refractivity contribution is 5.79. The minimum Gasteiger partial charge on any atom is -0.354 e. The molecule has 152 valence electrons. The lowest BCUT2D eigenvalue weighted by molar-refractivity contribution is 0.196. The second-order valence-corrected chi connectivity index (χ2v) is 7.57. The summed E-state index contributed by atoms with van der Waals surface area (Å²) in [6.45, 7) is 5.80. The highest BCUT2D eigenvalue weighted by Crippen LogP contribution is 2.13. The van der Waals surface area contributed by atoms with Crippen molar-refractivity contribution in [1.82, 2.24) is 29.9 Å². The molecule has 4 heterocycles. The largest absolute Gasteiger partial charge is 0.354 e. The van der Waals surface area contributed by atoms with Crippen LogP contribution in [-0.2, 0) is 13.1 Å². The first-order chi connectivity index (χ1) is 14.2. The number of aryl methyl sites for hydroxylation is 1. The van der Waals surface area contributed by atoms with Crippen molar-refractivity contribution < 1.29 is 0 Å². The molecule has 4 rings (SSSR count). The number of nitrogens with one attached hydrogen (secondary N) is 2. The quantitative estimate of drug-likeness (QED) is 0.516. The molecular weight excluding hydrogens is 362 g/mol. The van der Waals surface area contributed by atoms with E-state index >= 15 is 0 Å². The van der Waals surface area contributed by atoms with Crippen LogP contribution >= 0.6 is 0 Å². The van der Waals surface area contributed by atoms with Gasteiger partial charge in [0.25, 0.3) is 0 Å². The molecule has 0 bridgehead atoms. The number of likely N-dealkylation sites (tertiary alicyclic amines) is 1. The SMILES string of the molecule is CN=C(NCc1cn2c(C)cccc2n1)NC1CCN(Cc2ccccn2)CC1.